The highest BCUT2D eigenvalue weighted by atomic mass is 35.5. The second-order valence-corrected chi connectivity index (χ2v) is 6.42. The monoisotopic (exact) mass is 396 g/mol. The van der Waals surface area contributed by atoms with Gasteiger partial charge in [0.15, 0.2) is 0 Å². The molecule has 1 aliphatic heterocycles. The molecule has 146 valence electrons. The molecule has 0 bridgehead atoms. The van der Waals surface area contributed by atoms with E-state index in [-0.39, 0.29) is 47.1 Å². The maximum Gasteiger partial charge on any atom is 0.355 e. The van der Waals surface area contributed by atoms with Gasteiger partial charge in [0.25, 0.3) is 5.91 Å². The fraction of sp³-hybridized carbons (Fsp3) is 0.389. The Hall–Kier alpha value is -2.58. The number of carbonyl (C=O) groups excluding carboxylic acids is 3. The first-order valence-corrected chi connectivity index (χ1v) is 8.53. The predicted octanol–water partition coefficient (Wildman–Crippen LogP) is 1.87. The molecule has 0 aliphatic carbocycles. The lowest BCUT2D eigenvalue weighted by Crippen LogP contribution is -2.39. The Kier molecular flexibility index (Phi) is 6.81. The number of amides is 1. The second-order valence-electron chi connectivity index (χ2n) is 6.01. The topological polar surface area (TPSA) is 94.2 Å². The SMILES string of the molecule is COC(=O)C1=C(C(=O)OC)N(c2ccc(Cl)c(C(=O)NC(C)C)c2)COC1. The Balaban J connectivity index is 2.53. The number of methoxy groups -OCH3 is 2. The Morgan fingerprint density at radius 3 is 2.44 bits per heavy atom. The molecule has 0 aromatic heterocycles. The molecule has 1 aromatic carbocycles. The maximum atomic E-state index is 12.4. The fourth-order valence-electron chi connectivity index (χ4n) is 2.54. The van der Waals surface area contributed by atoms with Gasteiger partial charge in [0.2, 0.25) is 0 Å². The molecule has 0 spiro atoms. The van der Waals surface area contributed by atoms with Crippen LogP contribution in [0.25, 0.3) is 0 Å². The molecular weight excluding hydrogens is 376 g/mol. The summed E-state index contributed by atoms with van der Waals surface area (Å²) in [6.45, 7) is 3.55. The van der Waals surface area contributed by atoms with Crippen molar-refractivity contribution < 1.29 is 28.6 Å². The molecule has 1 amide bonds. The lowest BCUT2D eigenvalue weighted by molar-refractivity contribution is -0.140. The summed E-state index contributed by atoms with van der Waals surface area (Å²) in [6.07, 6.45) is 0. The molecule has 0 saturated heterocycles. The number of nitrogens with zero attached hydrogens (tertiary/aromatic N) is 1. The average Bonchev–Trinajstić information content (AvgIpc) is 2.65. The quantitative estimate of drug-likeness (QED) is 0.759. The minimum Gasteiger partial charge on any atom is -0.466 e. The number of rotatable bonds is 5. The summed E-state index contributed by atoms with van der Waals surface area (Å²) in [6, 6.07) is 4.59. The van der Waals surface area contributed by atoms with Crippen LogP contribution in [0.2, 0.25) is 5.02 Å². The summed E-state index contributed by atoms with van der Waals surface area (Å²) in [5, 5.41) is 3.02. The molecule has 0 unspecified atom stereocenters. The summed E-state index contributed by atoms with van der Waals surface area (Å²) < 4.78 is 15.0. The molecule has 0 saturated carbocycles. The molecule has 1 N–H and O–H groups in total. The lowest BCUT2D eigenvalue weighted by atomic mass is 10.1. The highest BCUT2D eigenvalue weighted by Crippen LogP contribution is 2.30. The summed E-state index contributed by atoms with van der Waals surface area (Å²) in [7, 11) is 2.42. The molecule has 9 heteroatoms. The molecule has 0 fully saturated rings. The van der Waals surface area contributed by atoms with E-state index in [4.69, 9.17) is 25.8 Å². The largest absolute Gasteiger partial charge is 0.466 e. The van der Waals surface area contributed by atoms with Crippen LogP contribution in [0, 0.1) is 0 Å². The minimum absolute atomic E-state index is 0.00635. The maximum absolute atomic E-state index is 12.4. The van der Waals surface area contributed by atoms with Crippen molar-refractivity contribution in [1.82, 2.24) is 5.32 Å². The zero-order valence-electron chi connectivity index (χ0n) is 15.5. The smallest absolute Gasteiger partial charge is 0.355 e. The van der Waals surface area contributed by atoms with Crippen molar-refractivity contribution in [1.29, 1.82) is 0 Å². The predicted molar refractivity (Wildman–Crippen MR) is 98.4 cm³/mol. The van der Waals surface area contributed by atoms with Crippen LogP contribution in [-0.4, -0.2) is 51.4 Å². The number of halogens is 1. The second kappa shape index (κ2) is 8.88. The standard InChI is InChI=1S/C18H21ClN2O6/c1-10(2)20-16(22)12-7-11(5-6-14(12)19)21-9-27-8-13(17(23)25-3)15(21)18(24)26-4/h5-7,10H,8-9H2,1-4H3,(H,20,22). The summed E-state index contributed by atoms with van der Waals surface area (Å²) >= 11 is 6.15. The average molecular weight is 397 g/mol. The number of carbonyl (C=O) groups is 3. The van der Waals surface area contributed by atoms with Crippen LogP contribution in [0.4, 0.5) is 5.69 Å². The van der Waals surface area contributed by atoms with E-state index in [1.807, 2.05) is 13.8 Å². The molecular formula is C18H21ClN2O6. The zero-order valence-corrected chi connectivity index (χ0v) is 16.3. The van der Waals surface area contributed by atoms with Gasteiger partial charge < -0.3 is 24.4 Å². The van der Waals surface area contributed by atoms with E-state index < -0.39 is 11.9 Å². The van der Waals surface area contributed by atoms with Crippen molar-refractivity contribution in [3.8, 4) is 0 Å². The van der Waals surface area contributed by atoms with Gasteiger partial charge >= 0.3 is 11.9 Å². The number of benzene rings is 1. The third-order valence-electron chi connectivity index (χ3n) is 3.76. The third-order valence-corrected chi connectivity index (χ3v) is 4.09. The van der Waals surface area contributed by atoms with Gasteiger partial charge in [-0.1, -0.05) is 11.6 Å². The van der Waals surface area contributed by atoms with Crippen molar-refractivity contribution >= 4 is 35.1 Å². The molecule has 2 rings (SSSR count). The van der Waals surface area contributed by atoms with Gasteiger partial charge in [-0.05, 0) is 32.0 Å². The van der Waals surface area contributed by atoms with Gasteiger partial charge in [-0.3, -0.25) is 4.79 Å². The number of anilines is 1. The normalized spacial score (nSPS) is 14.2. The molecule has 0 radical (unpaired) electrons. The first-order valence-electron chi connectivity index (χ1n) is 8.15. The molecule has 1 aliphatic rings. The molecule has 1 aromatic rings. The number of hydrogen-bond acceptors (Lipinski definition) is 7. The van der Waals surface area contributed by atoms with E-state index in [1.54, 1.807) is 6.07 Å². The van der Waals surface area contributed by atoms with Gasteiger partial charge in [0.1, 0.15) is 12.4 Å². The van der Waals surface area contributed by atoms with Gasteiger partial charge in [0, 0.05) is 11.7 Å². The van der Waals surface area contributed by atoms with Crippen LogP contribution in [0.3, 0.4) is 0 Å². The van der Waals surface area contributed by atoms with Crippen molar-refractivity contribution in [2.75, 3.05) is 32.5 Å². The third kappa shape index (κ3) is 4.58. The van der Waals surface area contributed by atoms with Crippen molar-refractivity contribution in [3.05, 3.63) is 40.1 Å². The van der Waals surface area contributed by atoms with E-state index in [1.165, 1.54) is 31.3 Å². The van der Waals surface area contributed by atoms with Crippen molar-refractivity contribution in [2.24, 2.45) is 0 Å². The van der Waals surface area contributed by atoms with E-state index >= 15 is 0 Å². The summed E-state index contributed by atoms with van der Waals surface area (Å²) in [4.78, 5) is 38.2. The number of ether oxygens (including phenoxy) is 3. The Morgan fingerprint density at radius 1 is 1.19 bits per heavy atom. The number of esters is 2. The van der Waals surface area contributed by atoms with Crippen LogP contribution < -0.4 is 10.2 Å². The van der Waals surface area contributed by atoms with Gasteiger partial charge in [-0.15, -0.1) is 0 Å². The van der Waals surface area contributed by atoms with Crippen LogP contribution in [0.5, 0.6) is 0 Å². The molecule has 1 heterocycles. The Morgan fingerprint density at radius 2 is 1.85 bits per heavy atom. The molecule has 27 heavy (non-hydrogen) atoms. The Bertz CT molecular complexity index is 790. The molecule has 8 nitrogen and oxygen atoms in total. The van der Waals surface area contributed by atoms with Crippen molar-refractivity contribution in [2.45, 2.75) is 19.9 Å². The summed E-state index contributed by atoms with van der Waals surface area (Å²) in [5.41, 5.74) is 0.693. The first kappa shape index (κ1) is 20.7. The minimum atomic E-state index is -0.721. The Labute approximate surface area is 162 Å². The summed E-state index contributed by atoms with van der Waals surface area (Å²) in [5.74, 6) is -1.78. The van der Waals surface area contributed by atoms with Gasteiger partial charge in [-0.2, -0.15) is 0 Å². The van der Waals surface area contributed by atoms with Crippen LogP contribution >= 0.6 is 11.6 Å². The van der Waals surface area contributed by atoms with E-state index in [0.717, 1.165) is 0 Å². The van der Waals surface area contributed by atoms with Crippen LogP contribution in [-0.2, 0) is 23.8 Å². The first-order chi connectivity index (χ1) is 12.8. The zero-order chi connectivity index (χ0) is 20.1. The van der Waals surface area contributed by atoms with E-state index in [2.05, 4.69) is 5.32 Å². The number of hydrogen-bond donors (Lipinski definition) is 1. The van der Waals surface area contributed by atoms with Crippen LogP contribution in [0.15, 0.2) is 29.5 Å². The van der Waals surface area contributed by atoms with Crippen LogP contribution in [0.1, 0.15) is 24.2 Å². The van der Waals surface area contributed by atoms with Gasteiger partial charge in [0.05, 0.1) is 37.0 Å². The fourth-order valence-corrected chi connectivity index (χ4v) is 2.75. The highest BCUT2D eigenvalue weighted by Gasteiger charge is 2.32. The van der Waals surface area contributed by atoms with Crippen molar-refractivity contribution in [3.63, 3.8) is 0 Å². The number of nitrogens with one attached hydrogen (secondary N) is 1. The molecule has 0 atom stereocenters. The van der Waals surface area contributed by atoms with E-state index in [0.29, 0.717) is 5.69 Å². The van der Waals surface area contributed by atoms with Gasteiger partial charge in [-0.25, -0.2) is 9.59 Å². The highest BCUT2D eigenvalue weighted by molar-refractivity contribution is 6.34. The lowest BCUT2D eigenvalue weighted by Gasteiger charge is -2.31. The van der Waals surface area contributed by atoms with E-state index in [9.17, 15) is 14.4 Å².